The molecule has 0 unspecified atom stereocenters. The highest BCUT2D eigenvalue weighted by Gasteiger charge is 2.16. The molecule has 2 N–H and O–H groups in total. The van der Waals surface area contributed by atoms with Crippen LogP contribution in [0.2, 0.25) is 0 Å². The minimum absolute atomic E-state index is 0.0480. The molecule has 3 aromatic rings. The van der Waals surface area contributed by atoms with E-state index in [1.807, 2.05) is 54.8 Å². The molecular formula is C21H19N3O3S. The summed E-state index contributed by atoms with van der Waals surface area (Å²) in [4.78, 5) is 28.1. The van der Waals surface area contributed by atoms with Crippen molar-refractivity contribution in [2.24, 2.45) is 0 Å². The van der Waals surface area contributed by atoms with Crippen molar-refractivity contribution in [1.29, 1.82) is 0 Å². The van der Waals surface area contributed by atoms with Gasteiger partial charge in [0.05, 0.1) is 5.69 Å². The van der Waals surface area contributed by atoms with E-state index in [1.54, 1.807) is 0 Å². The van der Waals surface area contributed by atoms with Gasteiger partial charge >= 0.3 is 0 Å². The van der Waals surface area contributed by atoms with Crippen LogP contribution in [0.15, 0.2) is 47.8 Å². The second-order valence-electron chi connectivity index (χ2n) is 6.56. The van der Waals surface area contributed by atoms with Crippen LogP contribution in [0.4, 0.5) is 10.8 Å². The molecule has 0 atom stereocenters. The van der Waals surface area contributed by atoms with E-state index in [2.05, 4.69) is 15.6 Å². The van der Waals surface area contributed by atoms with Gasteiger partial charge in [-0.25, -0.2) is 4.98 Å². The predicted molar refractivity (Wildman–Crippen MR) is 110 cm³/mol. The summed E-state index contributed by atoms with van der Waals surface area (Å²) in [6.45, 7) is 1.86. The van der Waals surface area contributed by atoms with E-state index in [0.29, 0.717) is 17.3 Å². The highest BCUT2D eigenvalue weighted by atomic mass is 32.1. The van der Waals surface area contributed by atoms with Gasteiger partial charge in [-0.15, -0.1) is 11.3 Å². The predicted octanol–water partition coefficient (Wildman–Crippen LogP) is 4.02. The fourth-order valence-electron chi connectivity index (χ4n) is 3.02. The smallest absolute Gasteiger partial charge is 0.264 e. The first kappa shape index (κ1) is 18.2. The zero-order chi connectivity index (χ0) is 19.5. The summed E-state index contributed by atoms with van der Waals surface area (Å²) in [5.41, 5.74) is 4.69. The summed E-state index contributed by atoms with van der Waals surface area (Å²) in [6.07, 6.45) is 1.22. The molecule has 2 aromatic carbocycles. The molecule has 1 aromatic heterocycles. The Morgan fingerprint density at radius 3 is 2.96 bits per heavy atom. The largest absolute Gasteiger partial charge is 0.483 e. The number of aromatic nitrogens is 1. The van der Waals surface area contributed by atoms with Gasteiger partial charge in [0.2, 0.25) is 5.91 Å². The molecule has 1 aliphatic rings. The molecule has 142 valence electrons. The normalized spacial score (nSPS) is 12.8. The van der Waals surface area contributed by atoms with Gasteiger partial charge in [0.1, 0.15) is 5.75 Å². The summed E-state index contributed by atoms with van der Waals surface area (Å²) in [6, 6.07) is 13.4. The topological polar surface area (TPSA) is 80.3 Å². The summed E-state index contributed by atoms with van der Waals surface area (Å²) in [7, 11) is 0. The van der Waals surface area contributed by atoms with Crippen LogP contribution >= 0.6 is 11.3 Å². The van der Waals surface area contributed by atoms with Crippen LogP contribution < -0.4 is 15.4 Å². The van der Waals surface area contributed by atoms with Crippen molar-refractivity contribution in [1.82, 2.24) is 4.98 Å². The molecular weight excluding hydrogens is 374 g/mol. The second kappa shape index (κ2) is 7.82. The van der Waals surface area contributed by atoms with Crippen LogP contribution in [0.5, 0.6) is 5.75 Å². The number of anilines is 2. The number of fused-ring (bicyclic) bond motifs is 1. The van der Waals surface area contributed by atoms with E-state index >= 15 is 0 Å². The Bertz CT molecular complexity index is 1040. The lowest BCUT2D eigenvalue weighted by atomic mass is 9.99. The highest BCUT2D eigenvalue weighted by molar-refractivity contribution is 7.14. The van der Waals surface area contributed by atoms with Gasteiger partial charge in [-0.2, -0.15) is 0 Å². The van der Waals surface area contributed by atoms with Crippen LogP contribution in [0, 0.1) is 6.92 Å². The molecule has 1 aliphatic heterocycles. The van der Waals surface area contributed by atoms with Gasteiger partial charge in [-0.1, -0.05) is 24.3 Å². The average molecular weight is 393 g/mol. The zero-order valence-corrected chi connectivity index (χ0v) is 16.1. The number of para-hydroxylation sites is 1. The second-order valence-corrected chi connectivity index (χ2v) is 7.42. The molecule has 0 fully saturated rings. The maximum absolute atomic E-state index is 12.2. The summed E-state index contributed by atoms with van der Waals surface area (Å²) < 4.78 is 5.56. The lowest BCUT2D eigenvalue weighted by Gasteiger charge is -2.17. The number of nitrogens with zero attached hydrogens (tertiary/aromatic N) is 1. The van der Waals surface area contributed by atoms with E-state index in [-0.39, 0.29) is 18.4 Å². The van der Waals surface area contributed by atoms with Gasteiger partial charge in [-0.3, -0.25) is 14.9 Å². The average Bonchev–Trinajstić information content (AvgIpc) is 3.15. The Kier molecular flexibility index (Phi) is 5.08. The zero-order valence-electron chi connectivity index (χ0n) is 15.3. The Balaban J connectivity index is 1.40. The van der Waals surface area contributed by atoms with Crippen molar-refractivity contribution in [2.45, 2.75) is 19.8 Å². The molecule has 0 saturated heterocycles. The van der Waals surface area contributed by atoms with Crippen molar-refractivity contribution in [2.75, 3.05) is 17.2 Å². The molecule has 2 heterocycles. The molecule has 0 spiro atoms. The highest BCUT2D eigenvalue weighted by Crippen LogP contribution is 2.30. The van der Waals surface area contributed by atoms with E-state index in [1.165, 1.54) is 11.3 Å². The first-order chi connectivity index (χ1) is 13.6. The number of rotatable bonds is 5. The number of benzene rings is 2. The summed E-state index contributed by atoms with van der Waals surface area (Å²) in [5, 5.41) is 8.08. The van der Waals surface area contributed by atoms with Crippen molar-refractivity contribution < 1.29 is 14.3 Å². The molecule has 6 nitrogen and oxygen atoms in total. The molecule has 28 heavy (non-hydrogen) atoms. The molecule has 0 saturated carbocycles. The van der Waals surface area contributed by atoms with E-state index in [4.69, 9.17) is 4.74 Å². The van der Waals surface area contributed by atoms with Crippen molar-refractivity contribution >= 4 is 34.0 Å². The van der Waals surface area contributed by atoms with Crippen LogP contribution in [0.3, 0.4) is 0 Å². The fourth-order valence-corrected chi connectivity index (χ4v) is 3.76. The number of carbonyl (C=O) groups excluding carboxylic acids is 2. The summed E-state index contributed by atoms with van der Waals surface area (Å²) in [5.74, 6) is 0.489. The first-order valence-electron chi connectivity index (χ1n) is 8.95. The monoisotopic (exact) mass is 393 g/mol. The minimum Gasteiger partial charge on any atom is -0.483 e. The quantitative estimate of drug-likeness (QED) is 0.686. The fraction of sp³-hybridized carbons (Fsp3) is 0.190. The Hall–Kier alpha value is -3.19. The van der Waals surface area contributed by atoms with Gasteiger partial charge in [0, 0.05) is 23.1 Å². The molecule has 0 radical (unpaired) electrons. The van der Waals surface area contributed by atoms with Crippen molar-refractivity contribution in [3.05, 3.63) is 59.0 Å². The van der Waals surface area contributed by atoms with Gasteiger partial charge in [0.25, 0.3) is 5.91 Å². The lowest BCUT2D eigenvalue weighted by Crippen LogP contribution is -2.20. The van der Waals surface area contributed by atoms with Gasteiger partial charge < -0.3 is 10.1 Å². The van der Waals surface area contributed by atoms with Crippen LogP contribution in [0.25, 0.3) is 11.3 Å². The van der Waals surface area contributed by atoms with Crippen LogP contribution in [-0.2, 0) is 16.0 Å². The number of hydrogen-bond donors (Lipinski definition) is 2. The van der Waals surface area contributed by atoms with Gasteiger partial charge in [-0.05, 0) is 42.7 Å². The number of nitrogens with one attached hydrogen (secondary N) is 2. The Morgan fingerprint density at radius 1 is 1.25 bits per heavy atom. The Labute approximate surface area is 166 Å². The third-order valence-corrected chi connectivity index (χ3v) is 5.26. The van der Waals surface area contributed by atoms with Crippen LogP contribution in [0.1, 0.15) is 17.5 Å². The number of carbonyl (C=O) groups is 2. The van der Waals surface area contributed by atoms with Crippen molar-refractivity contribution in [3.63, 3.8) is 0 Å². The Morgan fingerprint density at radius 2 is 2.11 bits per heavy atom. The maximum Gasteiger partial charge on any atom is 0.264 e. The number of ether oxygens (including phenoxy) is 1. The first-order valence-corrected chi connectivity index (χ1v) is 9.83. The van der Waals surface area contributed by atoms with Gasteiger partial charge in [0.15, 0.2) is 11.7 Å². The molecule has 4 rings (SSSR count). The number of hydrogen-bond acceptors (Lipinski definition) is 5. The number of thiazole rings is 1. The number of aryl methyl sites for hydroxylation is 2. The lowest BCUT2D eigenvalue weighted by molar-refractivity contribution is -0.118. The van der Waals surface area contributed by atoms with E-state index < -0.39 is 0 Å². The van der Waals surface area contributed by atoms with Crippen molar-refractivity contribution in [3.8, 4) is 17.0 Å². The molecule has 0 aliphatic carbocycles. The number of amides is 2. The van der Waals surface area contributed by atoms with E-state index in [0.717, 1.165) is 34.5 Å². The SMILES string of the molecule is Cc1ccccc1OCC(=O)Nc1nc(-c2ccc3c(c2)CCC(=O)N3)cs1. The molecule has 0 bridgehead atoms. The van der Waals surface area contributed by atoms with Crippen LogP contribution in [-0.4, -0.2) is 23.4 Å². The summed E-state index contributed by atoms with van der Waals surface area (Å²) >= 11 is 1.37. The minimum atomic E-state index is -0.252. The maximum atomic E-state index is 12.2. The third-order valence-electron chi connectivity index (χ3n) is 4.50. The molecule has 7 heteroatoms. The molecule has 2 amide bonds. The van der Waals surface area contributed by atoms with E-state index in [9.17, 15) is 9.59 Å². The standard InChI is InChI=1S/C21H19N3O3S/c1-13-4-2-3-5-18(13)27-11-20(26)24-21-23-17(12-28-21)15-6-8-16-14(10-15)7-9-19(25)22-16/h2-6,8,10,12H,7,9,11H2,1H3,(H,22,25)(H,23,24,26). The third kappa shape index (κ3) is 4.04.